The molecule has 2 aromatic carbocycles. The molecule has 1 fully saturated rings. The number of sulfonamides is 1. The second-order valence-corrected chi connectivity index (χ2v) is 8.74. The lowest BCUT2D eigenvalue weighted by Gasteiger charge is -2.21. The smallest absolute Gasteiger partial charge is 0.255 e. The van der Waals surface area contributed by atoms with Gasteiger partial charge in [0.2, 0.25) is 10.0 Å². The summed E-state index contributed by atoms with van der Waals surface area (Å²) >= 11 is 0. The molecule has 29 heavy (non-hydrogen) atoms. The monoisotopic (exact) mass is 413 g/mol. The molecule has 0 saturated carbocycles. The van der Waals surface area contributed by atoms with E-state index in [1.165, 1.54) is 29.6 Å². The maximum atomic E-state index is 13.2. The van der Waals surface area contributed by atoms with E-state index in [-0.39, 0.29) is 16.2 Å². The van der Waals surface area contributed by atoms with Crippen LogP contribution in [0.5, 0.6) is 5.75 Å². The zero-order valence-electron chi connectivity index (χ0n) is 16.2. The van der Waals surface area contributed by atoms with Crippen LogP contribution in [0.1, 0.15) is 41.6 Å². The first kappa shape index (κ1) is 20.8. The average molecular weight is 413 g/mol. The van der Waals surface area contributed by atoms with Crippen LogP contribution < -0.4 is 10.1 Å². The Balaban J connectivity index is 1.91. The third-order valence-corrected chi connectivity index (χ3v) is 6.78. The Labute approximate surface area is 171 Å². The molecule has 0 aromatic heterocycles. The summed E-state index contributed by atoms with van der Waals surface area (Å²) in [7, 11) is -2.38. The third-order valence-electron chi connectivity index (χ3n) is 4.86. The van der Waals surface area contributed by atoms with Crippen molar-refractivity contribution in [3.8, 4) is 11.8 Å². The van der Waals surface area contributed by atoms with Crippen molar-refractivity contribution >= 4 is 21.6 Å². The molecule has 1 heterocycles. The minimum Gasteiger partial charge on any atom is -0.495 e. The molecule has 0 aliphatic carbocycles. The summed E-state index contributed by atoms with van der Waals surface area (Å²) in [4.78, 5) is 12.7. The summed E-state index contributed by atoms with van der Waals surface area (Å²) < 4.78 is 33.2. The predicted molar refractivity (Wildman–Crippen MR) is 109 cm³/mol. The quantitative estimate of drug-likeness (QED) is 0.810. The Morgan fingerprint density at radius 3 is 2.48 bits per heavy atom. The van der Waals surface area contributed by atoms with Gasteiger partial charge in [0.15, 0.2) is 0 Å². The van der Waals surface area contributed by atoms with E-state index in [0.717, 1.165) is 25.7 Å². The van der Waals surface area contributed by atoms with Crippen LogP contribution in [0.25, 0.3) is 0 Å². The van der Waals surface area contributed by atoms with E-state index in [2.05, 4.69) is 5.32 Å². The molecule has 1 saturated heterocycles. The lowest BCUT2D eigenvalue weighted by atomic mass is 10.2. The van der Waals surface area contributed by atoms with Crippen LogP contribution in [-0.4, -0.2) is 38.8 Å². The number of carbonyl (C=O) groups excluding carboxylic acids is 1. The lowest BCUT2D eigenvalue weighted by molar-refractivity contribution is 0.102. The van der Waals surface area contributed by atoms with Crippen molar-refractivity contribution in [3.05, 3.63) is 53.6 Å². The minimum atomic E-state index is -3.78. The van der Waals surface area contributed by atoms with Gasteiger partial charge in [-0.2, -0.15) is 9.57 Å². The number of ether oxygens (including phenoxy) is 1. The van der Waals surface area contributed by atoms with Gasteiger partial charge < -0.3 is 10.1 Å². The second-order valence-electron chi connectivity index (χ2n) is 6.83. The molecule has 8 heteroatoms. The van der Waals surface area contributed by atoms with Crippen molar-refractivity contribution in [2.45, 2.75) is 30.6 Å². The summed E-state index contributed by atoms with van der Waals surface area (Å²) in [5.74, 6) is -0.257. The van der Waals surface area contributed by atoms with Gasteiger partial charge >= 0.3 is 0 Å². The molecule has 152 valence electrons. The van der Waals surface area contributed by atoms with Crippen LogP contribution in [0.3, 0.4) is 0 Å². The van der Waals surface area contributed by atoms with Gasteiger partial charge in [-0.15, -0.1) is 0 Å². The van der Waals surface area contributed by atoms with E-state index in [4.69, 9.17) is 10.00 Å². The Morgan fingerprint density at radius 2 is 1.83 bits per heavy atom. The van der Waals surface area contributed by atoms with Gasteiger partial charge in [-0.3, -0.25) is 4.79 Å². The maximum absolute atomic E-state index is 13.2. The van der Waals surface area contributed by atoms with Gasteiger partial charge in [-0.25, -0.2) is 8.42 Å². The number of carbonyl (C=O) groups is 1. The summed E-state index contributed by atoms with van der Waals surface area (Å²) in [6, 6.07) is 12.9. The van der Waals surface area contributed by atoms with Gasteiger partial charge in [0.05, 0.1) is 18.7 Å². The first-order valence-corrected chi connectivity index (χ1v) is 10.9. The Morgan fingerprint density at radius 1 is 1.10 bits per heavy atom. The van der Waals surface area contributed by atoms with Crippen LogP contribution >= 0.6 is 0 Å². The van der Waals surface area contributed by atoms with Crippen molar-refractivity contribution in [2.75, 3.05) is 25.5 Å². The van der Waals surface area contributed by atoms with Crippen LogP contribution in [0, 0.1) is 11.3 Å². The Kier molecular flexibility index (Phi) is 6.52. The molecule has 7 nitrogen and oxygen atoms in total. The number of nitrogens with one attached hydrogen (secondary N) is 1. The standard InChI is InChI=1S/C21H23N3O4S/c1-28-19-10-9-17(21(25)23-18-8-6-7-16(13-18)15-22)14-20(19)29(26,27)24-11-4-2-3-5-12-24/h6-10,13-14H,2-5,11-12H2,1H3,(H,23,25). The topological polar surface area (TPSA) is 99.5 Å². The number of anilines is 1. The van der Waals surface area contributed by atoms with Crippen LogP contribution in [0.2, 0.25) is 0 Å². The van der Waals surface area contributed by atoms with Crippen LogP contribution in [-0.2, 0) is 10.0 Å². The highest BCUT2D eigenvalue weighted by Crippen LogP contribution is 2.29. The van der Waals surface area contributed by atoms with Gasteiger partial charge in [-0.1, -0.05) is 18.9 Å². The summed E-state index contributed by atoms with van der Waals surface area (Å²) in [6.45, 7) is 0.922. The number of benzene rings is 2. The molecule has 1 aliphatic rings. The van der Waals surface area contributed by atoms with E-state index in [9.17, 15) is 13.2 Å². The minimum absolute atomic E-state index is 0.0136. The molecule has 2 aromatic rings. The molecule has 0 atom stereocenters. The zero-order chi connectivity index (χ0) is 20.9. The third kappa shape index (κ3) is 4.75. The zero-order valence-corrected chi connectivity index (χ0v) is 17.0. The molecular weight excluding hydrogens is 390 g/mol. The van der Waals surface area contributed by atoms with E-state index in [0.29, 0.717) is 24.3 Å². The number of hydrogen-bond acceptors (Lipinski definition) is 5. The highest BCUT2D eigenvalue weighted by molar-refractivity contribution is 7.89. The number of amides is 1. The number of nitrogens with zero attached hydrogens (tertiary/aromatic N) is 2. The molecule has 0 bridgehead atoms. The fourth-order valence-electron chi connectivity index (χ4n) is 3.31. The predicted octanol–water partition coefficient (Wildman–Crippen LogP) is 3.38. The number of rotatable bonds is 5. The Bertz CT molecular complexity index is 1040. The van der Waals surface area contributed by atoms with Crippen molar-refractivity contribution in [1.29, 1.82) is 5.26 Å². The van der Waals surface area contributed by atoms with Gasteiger partial charge in [0.25, 0.3) is 5.91 Å². The second kappa shape index (κ2) is 9.07. The molecule has 1 N–H and O–H groups in total. The van der Waals surface area contributed by atoms with Crippen molar-refractivity contribution in [1.82, 2.24) is 4.31 Å². The van der Waals surface area contributed by atoms with Gasteiger partial charge in [-0.05, 0) is 49.2 Å². The number of methoxy groups -OCH3 is 1. The molecule has 0 unspecified atom stereocenters. The largest absolute Gasteiger partial charge is 0.495 e. The van der Waals surface area contributed by atoms with E-state index in [1.54, 1.807) is 24.3 Å². The maximum Gasteiger partial charge on any atom is 0.255 e. The van der Waals surface area contributed by atoms with E-state index < -0.39 is 15.9 Å². The molecule has 0 radical (unpaired) electrons. The van der Waals surface area contributed by atoms with Crippen molar-refractivity contribution in [2.24, 2.45) is 0 Å². The molecule has 3 rings (SSSR count). The first-order chi connectivity index (χ1) is 14.0. The molecule has 1 amide bonds. The van der Waals surface area contributed by atoms with E-state index >= 15 is 0 Å². The summed E-state index contributed by atoms with van der Waals surface area (Å²) in [6.07, 6.45) is 3.65. The normalized spacial score (nSPS) is 15.2. The molecule has 1 aliphatic heterocycles. The van der Waals surface area contributed by atoms with Crippen LogP contribution in [0.4, 0.5) is 5.69 Å². The summed E-state index contributed by atoms with van der Waals surface area (Å²) in [5.41, 5.74) is 1.07. The van der Waals surface area contributed by atoms with Crippen molar-refractivity contribution in [3.63, 3.8) is 0 Å². The fraction of sp³-hybridized carbons (Fsp3) is 0.333. The fourth-order valence-corrected chi connectivity index (χ4v) is 5.01. The van der Waals surface area contributed by atoms with Gasteiger partial charge in [0, 0.05) is 24.3 Å². The van der Waals surface area contributed by atoms with Crippen LogP contribution in [0.15, 0.2) is 47.4 Å². The number of hydrogen-bond donors (Lipinski definition) is 1. The average Bonchev–Trinajstić information content (AvgIpc) is 3.03. The van der Waals surface area contributed by atoms with Crippen molar-refractivity contribution < 1.29 is 17.9 Å². The highest BCUT2D eigenvalue weighted by atomic mass is 32.2. The highest BCUT2D eigenvalue weighted by Gasteiger charge is 2.29. The van der Waals surface area contributed by atoms with Gasteiger partial charge in [0.1, 0.15) is 10.6 Å². The SMILES string of the molecule is COc1ccc(C(=O)Nc2cccc(C#N)c2)cc1S(=O)(=O)N1CCCCCC1. The Hall–Kier alpha value is -2.89. The molecule has 0 spiro atoms. The summed E-state index contributed by atoms with van der Waals surface area (Å²) in [5, 5.41) is 11.7. The number of nitriles is 1. The first-order valence-electron chi connectivity index (χ1n) is 9.45. The lowest BCUT2D eigenvalue weighted by Crippen LogP contribution is -2.32. The molecular formula is C21H23N3O4S. The van der Waals surface area contributed by atoms with E-state index in [1.807, 2.05) is 6.07 Å².